The number of benzene rings is 1. The molecule has 3 aromatic heterocycles. The van der Waals surface area contributed by atoms with E-state index >= 15 is 0 Å². The van der Waals surface area contributed by atoms with Gasteiger partial charge in [0.15, 0.2) is 11.5 Å². The Hall–Kier alpha value is -3.03. The number of likely N-dealkylation sites (N-methyl/N-ethyl adjacent to an activating group) is 1. The number of aromatic nitrogens is 5. The molecule has 8 heteroatoms. The zero-order valence-electron chi connectivity index (χ0n) is 17.4. The van der Waals surface area contributed by atoms with Crippen LogP contribution in [-0.2, 0) is 12.8 Å². The lowest BCUT2D eigenvalue weighted by molar-refractivity contribution is 0.312. The molecular weight excluding hydrogens is 410 g/mol. The van der Waals surface area contributed by atoms with Crippen LogP contribution in [0, 0.1) is 0 Å². The maximum absolute atomic E-state index is 6.10. The van der Waals surface area contributed by atoms with Gasteiger partial charge in [-0.05, 0) is 37.2 Å². The summed E-state index contributed by atoms with van der Waals surface area (Å²) in [5.41, 5.74) is 3.85. The van der Waals surface area contributed by atoms with E-state index < -0.39 is 0 Å². The molecule has 1 fully saturated rings. The van der Waals surface area contributed by atoms with Crippen molar-refractivity contribution >= 4 is 23.1 Å². The molecule has 0 unspecified atom stereocenters. The summed E-state index contributed by atoms with van der Waals surface area (Å²) in [7, 11) is 2.15. The first kappa shape index (κ1) is 19.9. The molecule has 0 N–H and O–H groups in total. The smallest absolute Gasteiger partial charge is 0.180 e. The predicted molar refractivity (Wildman–Crippen MR) is 123 cm³/mol. The molecule has 0 aliphatic carbocycles. The van der Waals surface area contributed by atoms with Crippen LogP contribution in [0.25, 0.3) is 17.0 Å². The number of nitrogens with zero attached hydrogens (tertiary/aromatic N) is 7. The zero-order chi connectivity index (χ0) is 21.2. The third kappa shape index (κ3) is 4.24. The fourth-order valence-corrected chi connectivity index (χ4v) is 4.16. The van der Waals surface area contributed by atoms with E-state index in [0.717, 1.165) is 72.7 Å². The highest BCUT2D eigenvalue weighted by molar-refractivity contribution is 6.30. The van der Waals surface area contributed by atoms with Crippen molar-refractivity contribution in [2.45, 2.75) is 12.8 Å². The van der Waals surface area contributed by atoms with Gasteiger partial charge in [-0.2, -0.15) is 0 Å². The molecule has 31 heavy (non-hydrogen) atoms. The number of piperazine rings is 1. The third-order valence-corrected chi connectivity index (χ3v) is 5.94. The monoisotopic (exact) mass is 433 g/mol. The van der Waals surface area contributed by atoms with Crippen molar-refractivity contribution in [2.24, 2.45) is 0 Å². The highest BCUT2D eigenvalue weighted by atomic mass is 35.5. The van der Waals surface area contributed by atoms with Gasteiger partial charge in [0, 0.05) is 56.2 Å². The summed E-state index contributed by atoms with van der Waals surface area (Å²) in [5, 5.41) is 0.752. The highest BCUT2D eigenvalue weighted by Crippen LogP contribution is 2.25. The normalized spacial score (nSPS) is 15.0. The molecule has 158 valence electrons. The summed E-state index contributed by atoms with van der Waals surface area (Å²) < 4.78 is 2.07. The van der Waals surface area contributed by atoms with Crippen molar-refractivity contribution in [3.63, 3.8) is 0 Å². The molecule has 7 nitrogen and oxygen atoms in total. The van der Waals surface area contributed by atoms with Crippen molar-refractivity contribution in [3.8, 4) is 11.4 Å². The summed E-state index contributed by atoms with van der Waals surface area (Å²) in [6, 6.07) is 9.86. The molecule has 0 bridgehead atoms. The molecule has 1 aliphatic rings. The van der Waals surface area contributed by atoms with E-state index in [1.807, 2.05) is 49.1 Å². The van der Waals surface area contributed by atoms with Gasteiger partial charge in [-0.1, -0.05) is 23.7 Å². The lowest BCUT2D eigenvalue weighted by Gasteiger charge is -2.33. The van der Waals surface area contributed by atoms with E-state index in [2.05, 4.69) is 37.3 Å². The number of anilines is 1. The fraction of sp³-hybridized carbons (Fsp3) is 0.304. The Balaban J connectivity index is 1.41. The number of imidazole rings is 1. The average molecular weight is 434 g/mol. The maximum Gasteiger partial charge on any atom is 0.180 e. The molecule has 4 aromatic rings. The molecule has 1 saturated heterocycles. The van der Waals surface area contributed by atoms with Gasteiger partial charge in [-0.25, -0.2) is 19.9 Å². The lowest BCUT2D eigenvalue weighted by atomic mass is 10.1. The van der Waals surface area contributed by atoms with E-state index in [1.54, 1.807) is 0 Å². The molecule has 5 rings (SSSR count). The number of fused-ring (bicyclic) bond motifs is 1. The summed E-state index contributed by atoms with van der Waals surface area (Å²) in [6.07, 6.45) is 9.07. The fourth-order valence-electron chi connectivity index (χ4n) is 3.95. The molecule has 1 aromatic carbocycles. The van der Waals surface area contributed by atoms with Crippen LogP contribution in [0.3, 0.4) is 0 Å². The van der Waals surface area contributed by atoms with Gasteiger partial charge in [-0.15, -0.1) is 0 Å². The van der Waals surface area contributed by atoms with Crippen molar-refractivity contribution < 1.29 is 0 Å². The molecule has 4 heterocycles. The summed E-state index contributed by atoms with van der Waals surface area (Å²) in [6.45, 7) is 3.95. The second-order valence-electron chi connectivity index (χ2n) is 7.87. The van der Waals surface area contributed by atoms with Crippen molar-refractivity contribution in [1.82, 2.24) is 29.2 Å². The SMILES string of the molecule is CN1CCN(c2nccn3c(-c4ccnc(CCc5cccc(Cl)c5)n4)cnc23)CC1. The van der Waals surface area contributed by atoms with Crippen LogP contribution in [0.5, 0.6) is 0 Å². The van der Waals surface area contributed by atoms with Crippen LogP contribution >= 0.6 is 11.6 Å². The molecule has 0 radical (unpaired) electrons. The molecular formula is C23H24ClN7. The minimum absolute atomic E-state index is 0.749. The van der Waals surface area contributed by atoms with Crippen molar-refractivity contribution in [2.75, 3.05) is 38.1 Å². The average Bonchev–Trinajstić information content (AvgIpc) is 3.23. The first-order valence-electron chi connectivity index (χ1n) is 10.5. The largest absolute Gasteiger partial charge is 0.351 e. The quantitative estimate of drug-likeness (QED) is 0.481. The van der Waals surface area contributed by atoms with Crippen LogP contribution in [-0.4, -0.2) is 62.5 Å². The Morgan fingerprint density at radius 1 is 0.968 bits per heavy atom. The molecule has 0 saturated carbocycles. The van der Waals surface area contributed by atoms with Gasteiger partial charge in [0.1, 0.15) is 5.82 Å². The molecule has 0 amide bonds. The van der Waals surface area contributed by atoms with E-state index in [1.165, 1.54) is 5.56 Å². The number of aryl methyl sites for hydroxylation is 2. The first-order chi connectivity index (χ1) is 15.2. The van der Waals surface area contributed by atoms with Gasteiger partial charge in [-0.3, -0.25) is 4.40 Å². The van der Waals surface area contributed by atoms with Gasteiger partial charge >= 0.3 is 0 Å². The van der Waals surface area contributed by atoms with E-state index in [-0.39, 0.29) is 0 Å². The number of hydrogen-bond donors (Lipinski definition) is 0. The Morgan fingerprint density at radius 2 is 1.84 bits per heavy atom. The van der Waals surface area contributed by atoms with Crippen molar-refractivity contribution in [1.29, 1.82) is 0 Å². The summed E-state index contributed by atoms with van der Waals surface area (Å²) in [4.78, 5) is 23.2. The van der Waals surface area contributed by atoms with Gasteiger partial charge in [0.05, 0.1) is 17.6 Å². The minimum Gasteiger partial charge on any atom is -0.351 e. The lowest BCUT2D eigenvalue weighted by Crippen LogP contribution is -2.45. The molecule has 0 spiro atoms. The Labute approximate surface area is 186 Å². The standard InChI is InChI=1S/C23H24ClN7/c1-29-11-13-30(14-12-29)22-23-27-16-20(31(23)10-9-26-22)19-7-8-25-21(28-19)6-5-17-3-2-4-18(24)15-17/h2-4,7-10,15-16H,5-6,11-14H2,1H3. The Kier molecular flexibility index (Phi) is 5.53. The second kappa shape index (κ2) is 8.61. The molecule has 1 aliphatic heterocycles. The second-order valence-corrected chi connectivity index (χ2v) is 8.30. The summed E-state index contributed by atoms with van der Waals surface area (Å²) in [5.74, 6) is 1.73. The third-order valence-electron chi connectivity index (χ3n) is 5.71. The summed E-state index contributed by atoms with van der Waals surface area (Å²) >= 11 is 6.10. The van der Waals surface area contributed by atoms with Crippen LogP contribution in [0.1, 0.15) is 11.4 Å². The topological polar surface area (TPSA) is 62.5 Å². The van der Waals surface area contributed by atoms with Gasteiger partial charge in [0.25, 0.3) is 0 Å². The van der Waals surface area contributed by atoms with Crippen LogP contribution < -0.4 is 4.90 Å². The first-order valence-corrected chi connectivity index (χ1v) is 10.9. The van der Waals surface area contributed by atoms with E-state index in [9.17, 15) is 0 Å². The van der Waals surface area contributed by atoms with Gasteiger partial charge < -0.3 is 9.80 Å². The maximum atomic E-state index is 6.10. The Bertz CT molecular complexity index is 1200. The van der Waals surface area contributed by atoms with E-state index in [0.29, 0.717) is 0 Å². The van der Waals surface area contributed by atoms with Gasteiger partial charge in [0.2, 0.25) is 0 Å². The number of hydrogen-bond acceptors (Lipinski definition) is 6. The van der Waals surface area contributed by atoms with E-state index in [4.69, 9.17) is 21.6 Å². The number of rotatable bonds is 5. The molecule has 0 atom stereocenters. The zero-order valence-corrected chi connectivity index (χ0v) is 18.2. The highest BCUT2D eigenvalue weighted by Gasteiger charge is 2.20. The predicted octanol–water partition coefficient (Wildman–Crippen LogP) is 3.38. The Morgan fingerprint density at radius 3 is 2.68 bits per heavy atom. The van der Waals surface area contributed by atoms with Crippen LogP contribution in [0.4, 0.5) is 5.82 Å². The minimum atomic E-state index is 0.749. The van der Waals surface area contributed by atoms with Crippen molar-refractivity contribution in [3.05, 3.63) is 71.5 Å². The number of halogens is 1. The van der Waals surface area contributed by atoms with Crippen LogP contribution in [0.15, 0.2) is 55.1 Å². The van der Waals surface area contributed by atoms with Crippen LogP contribution in [0.2, 0.25) is 5.02 Å².